The van der Waals surface area contributed by atoms with Gasteiger partial charge in [0.05, 0.1) is 17.6 Å². The van der Waals surface area contributed by atoms with Gasteiger partial charge in [0.25, 0.3) is 5.69 Å². The van der Waals surface area contributed by atoms with Crippen LogP contribution in [0.4, 0.5) is 10.7 Å². The Morgan fingerprint density at radius 3 is 2.61 bits per heavy atom. The van der Waals surface area contributed by atoms with Gasteiger partial charge < -0.3 is 9.47 Å². The molecule has 36 heavy (non-hydrogen) atoms. The highest BCUT2D eigenvalue weighted by Crippen LogP contribution is 2.45. The summed E-state index contributed by atoms with van der Waals surface area (Å²) < 4.78 is 11.4. The molecule has 1 aromatic heterocycles. The van der Waals surface area contributed by atoms with Crippen LogP contribution in [0, 0.1) is 32.8 Å². The quantitative estimate of drug-likeness (QED) is 0.196. The molecule has 2 aromatic carbocycles. The smallest absolute Gasteiger partial charge is 0.269 e. The summed E-state index contributed by atoms with van der Waals surface area (Å²) in [5, 5.41) is 21.4. The number of aliphatic imine (C=N–C) groups is 1. The van der Waals surface area contributed by atoms with Gasteiger partial charge in [0, 0.05) is 23.2 Å². The number of thiophene rings is 1. The summed E-state index contributed by atoms with van der Waals surface area (Å²) in [6.45, 7) is 7.11. The summed E-state index contributed by atoms with van der Waals surface area (Å²) in [5.41, 5.74) is 3.80. The van der Waals surface area contributed by atoms with E-state index in [0.29, 0.717) is 23.0 Å². The Kier molecular flexibility index (Phi) is 7.41. The number of non-ortho nitro benzene ring substituents is 1. The second kappa shape index (κ2) is 10.5. The summed E-state index contributed by atoms with van der Waals surface area (Å²) in [5.74, 6) is 1.72. The highest BCUT2D eigenvalue weighted by Gasteiger charge is 2.32. The van der Waals surface area contributed by atoms with Gasteiger partial charge in [0.1, 0.15) is 17.7 Å². The summed E-state index contributed by atoms with van der Waals surface area (Å²) in [6.07, 6.45) is 4.79. The Morgan fingerprint density at radius 1 is 1.22 bits per heavy atom. The van der Waals surface area contributed by atoms with Crippen LogP contribution >= 0.6 is 11.3 Å². The largest absolute Gasteiger partial charge is 0.493 e. The molecule has 1 heterocycles. The molecular formula is C28H29N3O4S. The molecule has 4 rings (SSSR count). The van der Waals surface area contributed by atoms with Crippen molar-refractivity contribution in [2.24, 2.45) is 16.3 Å². The molecule has 186 valence electrons. The molecule has 1 atom stereocenters. The highest BCUT2D eigenvalue weighted by atomic mass is 32.1. The lowest BCUT2D eigenvalue weighted by Crippen LogP contribution is -2.26. The Labute approximate surface area is 215 Å². The Bertz CT molecular complexity index is 1330. The molecule has 0 radical (unpaired) electrons. The molecular weight excluding hydrogens is 474 g/mol. The maximum Gasteiger partial charge on any atom is 0.269 e. The van der Waals surface area contributed by atoms with Gasteiger partial charge in [-0.2, -0.15) is 5.26 Å². The topological polar surface area (TPSA) is 97.8 Å². The number of hydrogen-bond donors (Lipinski definition) is 0. The number of nitro groups is 1. The van der Waals surface area contributed by atoms with Crippen molar-refractivity contribution in [2.75, 3.05) is 7.11 Å². The second-order valence-corrected chi connectivity index (χ2v) is 11.1. The Hall–Kier alpha value is -3.70. The molecule has 0 spiro atoms. The number of rotatable bonds is 7. The molecule has 1 aliphatic carbocycles. The van der Waals surface area contributed by atoms with Crippen LogP contribution < -0.4 is 9.47 Å². The van der Waals surface area contributed by atoms with E-state index in [1.165, 1.54) is 22.6 Å². The second-order valence-electron chi connectivity index (χ2n) is 9.98. The van der Waals surface area contributed by atoms with Crippen LogP contribution in [0.5, 0.6) is 11.5 Å². The van der Waals surface area contributed by atoms with Gasteiger partial charge in [0.15, 0.2) is 11.5 Å². The van der Waals surface area contributed by atoms with E-state index < -0.39 is 4.92 Å². The molecule has 0 saturated carbocycles. The van der Waals surface area contributed by atoms with Crippen molar-refractivity contribution in [1.29, 1.82) is 5.26 Å². The fraction of sp³-hybridized carbons (Fsp3) is 0.357. The van der Waals surface area contributed by atoms with Gasteiger partial charge in [-0.1, -0.05) is 20.8 Å². The van der Waals surface area contributed by atoms with E-state index in [4.69, 9.17) is 9.47 Å². The molecule has 1 aliphatic rings. The van der Waals surface area contributed by atoms with Crippen LogP contribution in [0.25, 0.3) is 0 Å². The number of benzene rings is 2. The van der Waals surface area contributed by atoms with Crippen LogP contribution in [0.15, 0.2) is 47.5 Å². The lowest BCUT2D eigenvalue weighted by Gasteiger charge is -2.33. The number of fused-ring (bicyclic) bond motifs is 1. The predicted octanol–water partition coefficient (Wildman–Crippen LogP) is 7.02. The van der Waals surface area contributed by atoms with Crippen LogP contribution in [-0.2, 0) is 19.4 Å². The zero-order valence-corrected chi connectivity index (χ0v) is 21.7. The van der Waals surface area contributed by atoms with Crippen LogP contribution in [0.2, 0.25) is 0 Å². The molecule has 8 heteroatoms. The first kappa shape index (κ1) is 25.4. The summed E-state index contributed by atoms with van der Waals surface area (Å²) in [4.78, 5) is 16.4. The fourth-order valence-electron chi connectivity index (χ4n) is 4.41. The lowest BCUT2D eigenvalue weighted by atomic mass is 9.72. The molecule has 0 bridgehead atoms. The van der Waals surface area contributed by atoms with E-state index in [1.54, 1.807) is 36.8 Å². The van der Waals surface area contributed by atoms with E-state index >= 15 is 0 Å². The molecule has 0 saturated heterocycles. The molecule has 3 aromatic rings. The van der Waals surface area contributed by atoms with Gasteiger partial charge in [-0.25, -0.2) is 4.99 Å². The van der Waals surface area contributed by atoms with Gasteiger partial charge in [-0.3, -0.25) is 10.1 Å². The number of nitrogens with zero attached hydrogens (tertiary/aromatic N) is 3. The number of methoxy groups -OCH3 is 1. The molecule has 0 amide bonds. The van der Waals surface area contributed by atoms with Crippen molar-refractivity contribution in [3.63, 3.8) is 0 Å². The van der Waals surface area contributed by atoms with Crippen LogP contribution in [0.3, 0.4) is 0 Å². The zero-order chi connectivity index (χ0) is 25.9. The Morgan fingerprint density at radius 2 is 1.97 bits per heavy atom. The molecule has 0 unspecified atom stereocenters. The van der Waals surface area contributed by atoms with E-state index in [9.17, 15) is 15.4 Å². The molecule has 0 N–H and O–H groups in total. The van der Waals surface area contributed by atoms with Gasteiger partial charge >= 0.3 is 0 Å². The van der Waals surface area contributed by atoms with Crippen molar-refractivity contribution in [3.8, 4) is 17.6 Å². The predicted molar refractivity (Wildman–Crippen MR) is 142 cm³/mol. The SMILES string of the molecule is COc1cc(C=Nc2sc3c(c2C#N)CC[C@@H](C(C)(C)C)C3)ccc1OCc1ccc([N+](=O)[O-])cc1. The van der Waals surface area contributed by atoms with Gasteiger partial charge in [-0.15, -0.1) is 11.3 Å². The number of nitro benzene ring substituents is 1. The lowest BCUT2D eigenvalue weighted by molar-refractivity contribution is -0.384. The van der Waals surface area contributed by atoms with Gasteiger partial charge in [-0.05, 0) is 77.6 Å². The third-order valence-corrected chi connectivity index (χ3v) is 7.81. The first-order chi connectivity index (χ1) is 17.2. The number of hydrogen-bond acceptors (Lipinski definition) is 7. The molecule has 0 fully saturated rings. The summed E-state index contributed by atoms with van der Waals surface area (Å²) >= 11 is 1.63. The number of ether oxygens (including phenoxy) is 2. The normalized spacial score (nSPS) is 15.4. The summed E-state index contributed by atoms with van der Waals surface area (Å²) in [7, 11) is 1.57. The first-order valence-electron chi connectivity index (χ1n) is 11.8. The minimum Gasteiger partial charge on any atom is -0.493 e. The average molecular weight is 504 g/mol. The van der Waals surface area contributed by atoms with E-state index in [-0.39, 0.29) is 17.7 Å². The number of nitriles is 1. The maximum atomic E-state index is 10.8. The summed E-state index contributed by atoms with van der Waals surface area (Å²) in [6, 6.07) is 14.2. The fourth-order valence-corrected chi connectivity index (χ4v) is 5.63. The van der Waals surface area contributed by atoms with Crippen LogP contribution in [0.1, 0.15) is 54.3 Å². The van der Waals surface area contributed by atoms with Crippen molar-refractivity contribution in [2.45, 2.75) is 46.6 Å². The third kappa shape index (κ3) is 5.58. The van der Waals surface area contributed by atoms with E-state index in [1.807, 2.05) is 18.2 Å². The molecule has 7 nitrogen and oxygen atoms in total. The van der Waals surface area contributed by atoms with Crippen molar-refractivity contribution in [1.82, 2.24) is 0 Å². The molecule has 0 aliphatic heterocycles. The van der Waals surface area contributed by atoms with E-state index in [2.05, 4.69) is 31.8 Å². The zero-order valence-electron chi connectivity index (χ0n) is 20.9. The monoisotopic (exact) mass is 503 g/mol. The first-order valence-corrected chi connectivity index (χ1v) is 12.6. The Balaban J connectivity index is 1.49. The maximum absolute atomic E-state index is 10.8. The van der Waals surface area contributed by atoms with E-state index in [0.717, 1.165) is 35.4 Å². The standard InChI is InChI=1S/C28H29N3O4S/c1-28(2,3)20-8-11-22-23(15-29)27(36-26(22)14-20)30-16-19-7-12-24(25(13-19)34-4)35-17-18-5-9-21(10-6-18)31(32)33/h5-7,9-10,12-13,16,20H,8,11,14,17H2,1-4H3/t20-/m1/s1. The highest BCUT2D eigenvalue weighted by molar-refractivity contribution is 7.16. The van der Waals surface area contributed by atoms with Crippen molar-refractivity contribution in [3.05, 3.63) is 79.7 Å². The minimum atomic E-state index is -0.429. The van der Waals surface area contributed by atoms with Crippen molar-refractivity contribution >= 4 is 28.2 Å². The minimum absolute atomic E-state index is 0.0418. The van der Waals surface area contributed by atoms with Crippen LogP contribution in [-0.4, -0.2) is 18.2 Å². The third-order valence-electron chi connectivity index (χ3n) is 6.64. The van der Waals surface area contributed by atoms with Gasteiger partial charge in [0.2, 0.25) is 0 Å². The average Bonchev–Trinajstić information content (AvgIpc) is 3.22. The van der Waals surface area contributed by atoms with Crippen molar-refractivity contribution < 1.29 is 14.4 Å².